The van der Waals surface area contributed by atoms with E-state index in [0.717, 1.165) is 48.2 Å². The summed E-state index contributed by atoms with van der Waals surface area (Å²) in [7, 11) is 7.55. The van der Waals surface area contributed by atoms with Crippen molar-refractivity contribution in [2.45, 2.75) is 37.8 Å². The van der Waals surface area contributed by atoms with Crippen LogP contribution in [0.15, 0.2) is 60.7 Å². The molecule has 0 radical (unpaired) electrons. The summed E-state index contributed by atoms with van der Waals surface area (Å²) in [5.41, 5.74) is 6.76. The van der Waals surface area contributed by atoms with E-state index in [1.54, 1.807) is 26.4 Å². The normalized spacial score (nSPS) is 19.6. The van der Waals surface area contributed by atoms with Crippen LogP contribution in [-0.4, -0.2) is 61.4 Å². The lowest BCUT2D eigenvalue weighted by Gasteiger charge is -2.36. The molecule has 44 heavy (non-hydrogen) atoms. The summed E-state index contributed by atoms with van der Waals surface area (Å²) in [5, 5.41) is 21.8. The number of fused-ring (bicyclic) bond motifs is 6. The van der Waals surface area contributed by atoms with E-state index in [2.05, 4.69) is 48.2 Å². The van der Waals surface area contributed by atoms with Crippen molar-refractivity contribution in [3.63, 3.8) is 0 Å². The third-order valence-electron chi connectivity index (χ3n) is 9.45. The minimum absolute atomic E-state index is 0.0535. The highest BCUT2D eigenvalue weighted by Crippen LogP contribution is 2.46. The topological polar surface area (TPSA) is 83.9 Å². The smallest absolute Gasteiger partial charge is 0.169 e. The molecule has 4 aromatic rings. The van der Waals surface area contributed by atoms with Crippen molar-refractivity contribution in [2.75, 3.05) is 41.4 Å². The lowest BCUT2D eigenvalue weighted by atomic mass is 9.88. The van der Waals surface area contributed by atoms with Crippen molar-refractivity contribution in [1.82, 2.24) is 9.80 Å². The van der Waals surface area contributed by atoms with Crippen LogP contribution in [0.5, 0.6) is 46.0 Å². The number of phenolic OH excluding ortho intramolecular Hbond substituents is 2. The Morgan fingerprint density at radius 3 is 1.45 bits per heavy atom. The van der Waals surface area contributed by atoms with Gasteiger partial charge in [-0.05, 0) is 122 Å². The fraction of sp³-hybridized carbons (Fsp3) is 0.333. The lowest BCUT2D eigenvalue weighted by Crippen LogP contribution is -2.33. The molecule has 2 atom stereocenters. The highest BCUT2D eigenvalue weighted by atomic mass is 16.5. The summed E-state index contributed by atoms with van der Waals surface area (Å²) in [6.07, 6.45) is 3.16. The third kappa shape index (κ3) is 5.08. The maximum atomic E-state index is 10.9. The molecule has 8 nitrogen and oxygen atoms in total. The largest absolute Gasteiger partial charge is 0.504 e. The van der Waals surface area contributed by atoms with Gasteiger partial charge in [0.05, 0.1) is 14.2 Å². The highest BCUT2D eigenvalue weighted by molar-refractivity contribution is 5.56. The van der Waals surface area contributed by atoms with Gasteiger partial charge in [0, 0.05) is 25.2 Å². The van der Waals surface area contributed by atoms with E-state index in [9.17, 15) is 10.2 Å². The Kier molecular flexibility index (Phi) is 7.26. The minimum atomic E-state index is 0.0535. The minimum Gasteiger partial charge on any atom is -0.504 e. The highest BCUT2D eigenvalue weighted by Gasteiger charge is 2.30. The van der Waals surface area contributed by atoms with Gasteiger partial charge in [-0.15, -0.1) is 0 Å². The predicted octanol–water partition coefficient (Wildman–Crippen LogP) is 6.56. The number of hydrogen-bond acceptors (Lipinski definition) is 8. The zero-order chi connectivity index (χ0) is 30.5. The van der Waals surface area contributed by atoms with Crippen LogP contribution in [0.3, 0.4) is 0 Å². The van der Waals surface area contributed by atoms with E-state index in [1.165, 1.54) is 11.1 Å². The molecule has 4 aromatic carbocycles. The summed E-state index contributed by atoms with van der Waals surface area (Å²) >= 11 is 0. The fourth-order valence-corrected chi connectivity index (χ4v) is 6.90. The molecule has 0 saturated carbocycles. The van der Waals surface area contributed by atoms with Crippen molar-refractivity contribution in [3.05, 3.63) is 94.0 Å². The maximum absolute atomic E-state index is 10.9. The molecule has 8 heteroatoms. The van der Waals surface area contributed by atoms with Crippen LogP contribution >= 0.6 is 0 Å². The number of benzene rings is 4. The molecule has 7 rings (SSSR count). The van der Waals surface area contributed by atoms with Gasteiger partial charge in [-0.2, -0.15) is 0 Å². The molecular formula is C36H38N2O6. The molecule has 0 spiro atoms. The number of phenols is 2. The van der Waals surface area contributed by atoms with Gasteiger partial charge in [0.15, 0.2) is 46.0 Å². The molecule has 3 aliphatic heterocycles. The summed E-state index contributed by atoms with van der Waals surface area (Å²) < 4.78 is 24.5. The van der Waals surface area contributed by atoms with Crippen molar-refractivity contribution < 1.29 is 29.2 Å². The fourth-order valence-electron chi connectivity index (χ4n) is 6.90. The molecule has 0 fully saturated rings. The molecule has 0 amide bonds. The van der Waals surface area contributed by atoms with Gasteiger partial charge in [0.25, 0.3) is 0 Å². The standard InChI is InChI=1S/C36H38N2O6/c1-37-11-9-23-17-33(41-3)35-19-25(23)27(37)13-21-5-7-29(39)31(15-21)44-36-20-26-24(18-34(36)42-4)10-12-38(2)28(26)14-22-6-8-30(40)32(16-22)43-35/h5-8,15-20,27-28,39-40H,9-14H2,1-4H3/t27-,28-/m0/s1. The molecule has 0 aromatic heterocycles. The number of hydrogen-bond donors (Lipinski definition) is 2. The molecule has 8 bridgehead atoms. The molecule has 0 unspecified atom stereocenters. The molecule has 228 valence electrons. The molecule has 2 N–H and O–H groups in total. The number of methoxy groups -OCH3 is 2. The molecule has 0 aliphatic carbocycles. The quantitative estimate of drug-likeness (QED) is 0.270. The number of aromatic hydroxyl groups is 2. The lowest BCUT2D eigenvalue weighted by molar-refractivity contribution is 0.227. The zero-order valence-electron chi connectivity index (χ0n) is 25.6. The molecule has 0 saturated heterocycles. The van der Waals surface area contributed by atoms with Gasteiger partial charge in [-0.3, -0.25) is 9.80 Å². The van der Waals surface area contributed by atoms with Crippen molar-refractivity contribution in [3.8, 4) is 46.0 Å². The first kappa shape index (κ1) is 28.4. The summed E-state index contributed by atoms with van der Waals surface area (Å²) in [6, 6.07) is 19.5. The van der Waals surface area contributed by atoms with E-state index in [-0.39, 0.29) is 23.6 Å². The Balaban J connectivity index is 1.42. The Bertz CT molecular complexity index is 1610. The predicted molar refractivity (Wildman–Crippen MR) is 168 cm³/mol. The Hall–Kier alpha value is -4.40. The first-order valence-electron chi connectivity index (χ1n) is 15.1. The van der Waals surface area contributed by atoms with Crippen LogP contribution in [0, 0.1) is 0 Å². The van der Waals surface area contributed by atoms with Crippen LogP contribution in [0.1, 0.15) is 45.5 Å². The molecule has 3 heterocycles. The van der Waals surface area contributed by atoms with Crippen LogP contribution in [0.2, 0.25) is 0 Å². The van der Waals surface area contributed by atoms with Gasteiger partial charge in [0.2, 0.25) is 0 Å². The van der Waals surface area contributed by atoms with Crippen LogP contribution in [-0.2, 0) is 25.7 Å². The Morgan fingerprint density at radius 1 is 0.614 bits per heavy atom. The third-order valence-corrected chi connectivity index (χ3v) is 9.45. The van der Waals surface area contributed by atoms with Crippen LogP contribution in [0.4, 0.5) is 0 Å². The van der Waals surface area contributed by atoms with Crippen molar-refractivity contribution in [1.29, 1.82) is 0 Å². The van der Waals surface area contributed by atoms with Crippen LogP contribution < -0.4 is 18.9 Å². The number of likely N-dealkylation sites (N-methyl/N-ethyl adjacent to an activating group) is 2. The molecule has 3 aliphatic rings. The van der Waals surface area contributed by atoms with E-state index >= 15 is 0 Å². The average molecular weight is 595 g/mol. The van der Waals surface area contributed by atoms with Gasteiger partial charge >= 0.3 is 0 Å². The van der Waals surface area contributed by atoms with E-state index in [0.29, 0.717) is 47.3 Å². The van der Waals surface area contributed by atoms with E-state index < -0.39 is 0 Å². The number of ether oxygens (including phenoxy) is 4. The first-order valence-corrected chi connectivity index (χ1v) is 15.1. The second-order valence-corrected chi connectivity index (χ2v) is 12.1. The second-order valence-electron chi connectivity index (χ2n) is 12.1. The Labute approximate surface area is 258 Å². The zero-order valence-corrected chi connectivity index (χ0v) is 25.6. The average Bonchev–Trinajstić information content (AvgIpc) is 3.02. The second kappa shape index (κ2) is 11.3. The van der Waals surface area contributed by atoms with Crippen molar-refractivity contribution >= 4 is 0 Å². The van der Waals surface area contributed by atoms with E-state index in [4.69, 9.17) is 18.9 Å². The van der Waals surface area contributed by atoms with Gasteiger partial charge < -0.3 is 29.2 Å². The monoisotopic (exact) mass is 594 g/mol. The Morgan fingerprint density at radius 2 is 1.05 bits per heavy atom. The summed E-state index contributed by atoms with van der Waals surface area (Å²) in [6.45, 7) is 1.79. The number of nitrogens with zero attached hydrogens (tertiary/aromatic N) is 2. The number of rotatable bonds is 2. The van der Waals surface area contributed by atoms with E-state index in [1.807, 2.05) is 24.3 Å². The van der Waals surface area contributed by atoms with Crippen LogP contribution in [0.25, 0.3) is 0 Å². The molecular weight excluding hydrogens is 556 g/mol. The SMILES string of the molecule is COc1cc2c3cc1Oc1cc(ccc1O)C[C@H]1c4cc(c(OC)cc4CCN1C)Oc1cc(ccc1O)C[C@@H]3N(C)CC2. The maximum Gasteiger partial charge on any atom is 0.169 e. The summed E-state index contributed by atoms with van der Waals surface area (Å²) in [5.74, 6) is 3.32. The van der Waals surface area contributed by atoms with Gasteiger partial charge in [0.1, 0.15) is 0 Å². The van der Waals surface area contributed by atoms with Gasteiger partial charge in [-0.25, -0.2) is 0 Å². The first-order chi connectivity index (χ1) is 21.3. The summed E-state index contributed by atoms with van der Waals surface area (Å²) in [4.78, 5) is 4.68. The van der Waals surface area contributed by atoms with Gasteiger partial charge in [-0.1, -0.05) is 12.1 Å². The van der Waals surface area contributed by atoms with Crippen molar-refractivity contribution in [2.24, 2.45) is 0 Å².